The van der Waals surface area contributed by atoms with Gasteiger partial charge in [0.1, 0.15) is 12.4 Å². The van der Waals surface area contributed by atoms with Crippen molar-refractivity contribution in [3.63, 3.8) is 0 Å². The number of nitrogen functional groups attached to an aromatic ring is 1. The molecule has 0 aliphatic heterocycles. The second kappa shape index (κ2) is 5.03. The van der Waals surface area contributed by atoms with Crippen molar-refractivity contribution in [1.82, 2.24) is 0 Å². The van der Waals surface area contributed by atoms with Crippen LogP contribution >= 0.6 is 15.9 Å². The average molecular weight is 278 g/mol. The van der Waals surface area contributed by atoms with Gasteiger partial charge >= 0.3 is 0 Å². The molecule has 16 heavy (non-hydrogen) atoms. The smallest absolute Gasteiger partial charge is 0.120 e. The molecule has 0 aliphatic carbocycles. The average Bonchev–Trinajstić information content (AvgIpc) is 2.28. The Morgan fingerprint density at radius 2 is 1.81 bits per heavy atom. The lowest BCUT2D eigenvalue weighted by Gasteiger charge is -2.06. The summed E-state index contributed by atoms with van der Waals surface area (Å²) in [6.07, 6.45) is 0. The lowest BCUT2D eigenvalue weighted by Crippen LogP contribution is -1.95. The van der Waals surface area contributed by atoms with Gasteiger partial charge in [0.2, 0.25) is 0 Å². The summed E-state index contributed by atoms with van der Waals surface area (Å²) in [5.41, 5.74) is 7.48. The summed E-state index contributed by atoms with van der Waals surface area (Å²) in [5, 5.41) is 0. The van der Waals surface area contributed by atoms with Crippen LogP contribution in [0.2, 0.25) is 0 Å². The van der Waals surface area contributed by atoms with Crippen molar-refractivity contribution >= 4 is 21.6 Å². The molecule has 0 radical (unpaired) electrons. The molecule has 2 rings (SSSR count). The number of halogens is 1. The third-order valence-electron chi connectivity index (χ3n) is 2.18. The quantitative estimate of drug-likeness (QED) is 0.870. The molecule has 0 aromatic heterocycles. The first-order chi connectivity index (χ1) is 7.74. The van der Waals surface area contributed by atoms with Crippen molar-refractivity contribution in [3.05, 3.63) is 58.6 Å². The van der Waals surface area contributed by atoms with Crippen molar-refractivity contribution in [2.24, 2.45) is 0 Å². The van der Waals surface area contributed by atoms with Crippen LogP contribution in [0.15, 0.2) is 53.0 Å². The highest BCUT2D eigenvalue weighted by molar-refractivity contribution is 9.10. The second-order valence-corrected chi connectivity index (χ2v) is 4.40. The zero-order valence-corrected chi connectivity index (χ0v) is 10.3. The first-order valence-corrected chi connectivity index (χ1v) is 5.76. The second-order valence-electron chi connectivity index (χ2n) is 3.49. The molecule has 0 saturated heterocycles. The van der Waals surface area contributed by atoms with Crippen molar-refractivity contribution < 1.29 is 4.74 Å². The molecule has 0 fully saturated rings. The molecule has 0 bridgehead atoms. The molecule has 0 saturated carbocycles. The van der Waals surface area contributed by atoms with E-state index in [0.717, 1.165) is 21.5 Å². The van der Waals surface area contributed by atoms with E-state index in [0.29, 0.717) is 6.61 Å². The summed E-state index contributed by atoms with van der Waals surface area (Å²) in [6.45, 7) is 0.552. The number of hydrogen-bond acceptors (Lipinski definition) is 2. The third kappa shape index (κ3) is 3.00. The lowest BCUT2D eigenvalue weighted by atomic mass is 10.2. The van der Waals surface area contributed by atoms with E-state index in [2.05, 4.69) is 15.9 Å². The number of ether oxygens (including phenoxy) is 1. The van der Waals surface area contributed by atoms with E-state index in [1.807, 2.05) is 48.5 Å². The summed E-state index contributed by atoms with van der Waals surface area (Å²) in [7, 11) is 0. The van der Waals surface area contributed by atoms with Gasteiger partial charge in [0, 0.05) is 10.2 Å². The molecule has 0 atom stereocenters. The SMILES string of the molecule is Nc1ccc(COc2cccc(Br)c2)cc1. The largest absolute Gasteiger partial charge is 0.489 e. The molecule has 3 heteroatoms. The summed E-state index contributed by atoms with van der Waals surface area (Å²) < 4.78 is 6.66. The molecule has 2 aromatic carbocycles. The van der Waals surface area contributed by atoms with Gasteiger partial charge in [-0.2, -0.15) is 0 Å². The number of hydrogen-bond donors (Lipinski definition) is 1. The predicted octanol–water partition coefficient (Wildman–Crippen LogP) is 3.61. The minimum atomic E-state index is 0.552. The number of anilines is 1. The minimum absolute atomic E-state index is 0.552. The Morgan fingerprint density at radius 1 is 1.06 bits per heavy atom. The maximum atomic E-state index is 5.64. The molecule has 2 aromatic rings. The molecule has 2 N–H and O–H groups in total. The maximum absolute atomic E-state index is 5.64. The van der Waals surface area contributed by atoms with Crippen LogP contribution in [0.5, 0.6) is 5.75 Å². The van der Waals surface area contributed by atoms with E-state index in [-0.39, 0.29) is 0 Å². The van der Waals surface area contributed by atoms with Crippen LogP contribution < -0.4 is 10.5 Å². The Labute approximate surface area is 103 Å². The van der Waals surface area contributed by atoms with E-state index in [1.54, 1.807) is 0 Å². The topological polar surface area (TPSA) is 35.2 Å². The number of benzene rings is 2. The highest BCUT2D eigenvalue weighted by Gasteiger charge is 1.96. The number of nitrogens with two attached hydrogens (primary N) is 1. The number of rotatable bonds is 3. The summed E-state index contributed by atoms with van der Waals surface area (Å²) >= 11 is 3.40. The van der Waals surface area contributed by atoms with E-state index < -0.39 is 0 Å². The highest BCUT2D eigenvalue weighted by atomic mass is 79.9. The van der Waals surface area contributed by atoms with Gasteiger partial charge in [-0.05, 0) is 35.9 Å². The standard InChI is InChI=1S/C13H12BrNO/c14-11-2-1-3-13(8-11)16-9-10-4-6-12(15)7-5-10/h1-8H,9,15H2. The Hall–Kier alpha value is -1.48. The van der Waals surface area contributed by atoms with Crippen molar-refractivity contribution in [1.29, 1.82) is 0 Å². The fourth-order valence-electron chi connectivity index (χ4n) is 1.34. The van der Waals surface area contributed by atoms with Crippen LogP contribution in [0.3, 0.4) is 0 Å². The molecule has 0 amide bonds. The monoisotopic (exact) mass is 277 g/mol. The molecular formula is C13H12BrNO. The summed E-state index contributed by atoms with van der Waals surface area (Å²) in [6, 6.07) is 15.5. The Balaban J connectivity index is 1.99. The van der Waals surface area contributed by atoms with Crippen LogP contribution in [0, 0.1) is 0 Å². The first kappa shape index (κ1) is 11.0. The van der Waals surface area contributed by atoms with Gasteiger partial charge in [0.15, 0.2) is 0 Å². The third-order valence-corrected chi connectivity index (χ3v) is 2.67. The fraction of sp³-hybridized carbons (Fsp3) is 0.0769. The van der Waals surface area contributed by atoms with Crippen LogP contribution in [-0.2, 0) is 6.61 Å². The van der Waals surface area contributed by atoms with E-state index in [4.69, 9.17) is 10.5 Å². The van der Waals surface area contributed by atoms with Crippen LogP contribution in [-0.4, -0.2) is 0 Å². The van der Waals surface area contributed by atoms with Crippen LogP contribution in [0.25, 0.3) is 0 Å². The van der Waals surface area contributed by atoms with Gasteiger partial charge in [-0.1, -0.05) is 34.1 Å². The Bertz CT molecular complexity index is 468. The van der Waals surface area contributed by atoms with Gasteiger partial charge in [0.05, 0.1) is 0 Å². The van der Waals surface area contributed by atoms with E-state index >= 15 is 0 Å². The normalized spacial score (nSPS) is 10.1. The van der Waals surface area contributed by atoms with Crippen molar-refractivity contribution in [3.8, 4) is 5.75 Å². The Kier molecular flexibility index (Phi) is 3.47. The first-order valence-electron chi connectivity index (χ1n) is 4.97. The minimum Gasteiger partial charge on any atom is -0.489 e. The van der Waals surface area contributed by atoms with Gasteiger partial charge in [-0.25, -0.2) is 0 Å². The van der Waals surface area contributed by atoms with Gasteiger partial charge < -0.3 is 10.5 Å². The predicted molar refractivity (Wildman–Crippen MR) is 69.3 cm³/mol. The molecule has 82 valence electrons. The summed E-state index contributed by atoms with van der Waals surface area (Å²) in [4.78, 5) is 0. The molecule has 2 nitrogen and oxygen atoms in total. The zero-order chi connectivity index (χ0) is 11.4. The maximum Gasteiger partial charge on any atom is 0.120 e. The molecular weight excluding hydrogens is 266 g/mol. The molecule has 0 unspecified atom stereocenters. The highest BCUT2D eigenvalue weighted by Crippen LogP contribution is 2.19. The van der Waals surface area contributed by atoms with Crippen LogP contribution in [0.1, 0.15) is 5.56 Å². The lowest BCUT2D eigenvalue weighted by molar-refractivity contribution is 0.306. The molecule has 0 aliphatic rings. The summed E-state index contributed by atoms with van der Waals surface area (Å²) in [5.74, 6) is 0.853. The van der Waals surface area contributed by atoms with Crippen molar-refractivity contribution in [2.45, 2.75) is 6.61 Å². The van der Waals surface area contributed by atoms with Gasteiger partial charge in [-0.3, -0.25) is 0 Å². The van der Waals surface area contributed by atoms with Gasteiger partial charge in [0.25, 0.3) is 0 Å². The van der Waals surface area contributed by atoms with E-state index in [9.17, 15) is 0 Å². The van der Waals surface area contributed by atoms with E-state index in [1.165, 1.54) is 0 Å². The van der Waals surface area contributed by atoms with Crippen molar-refractivity contribution in [2.75, 3.05) is 5.73 Å². The molecule has 0 spiro atoms. The fourth-order valence-corrected chi connectivity index (χ4v) is 1.72. The zero-order valence-electron chi connectivity index (χ0n) is 8.69. The van der Waals surface area contributed by atoms with Crippen LogP contribution in [0.4, 0.5) is 5.69 Å². The molecule has 0 heterocycles. The van der Waals surface area contributed by atoms with Gasteiger partial charge in [-0.15, -0.1) is 0 Å². The Morgan fingerprint density at radius 3 is 2.50 bits per heavy atom.